The van der Waals surface area contributed by atoms with Gasteiger partial charge >= 0.3 is 5.97 Å². The van der Waals surface area contributed by atoms with Crippen molar-refractivity contribution >= 4 is 23.3 Å². The largest absolute Gasteiger partial charge is 0.482 e. The highest BCUT2D eigenvalue weighted by Gasteiger charge is 2.25. The Morgan fingerprint density at radius 2 is 1.53 bits per heavy atom. The third-order valence-electron chi connectivity index (χ3n) is 4.23. The molecule has 0 saturated heterocycles. The van der Waals surface area contributed by atoms with Gasteiger partial charge in [0.1, 0.15) is 5.75 Å². The fourth-order valence-corrected chi connectivity index (χ4v) is 2.75. The van der Waals surface area contributed by atoms with Crippen LogP contribution in [0.5, 0.6) is 5.75 Å². The van der Waals surface area contributed by atoms with Crippen LogP contribution in [0.2, 0.25) is 0 Å². The summed E-state index contributed by atoms with van der Waals surface area (Å²) in [6.45, 7) is 1.11. The van der Waals surface area contributed by atoms with E-state index >= 15 is 0 Å². The van der Waals surface area contributed by atoms with Crippen molar-refractivity contribution in [2.75, 3.05) is 11.9 Å². The van der Waals surface area contributed by atoms with E-state index in [2.05, 4.69) is 5.32 Å². The van der Waals surface area contributed by atoms with Gasteiger partial charge in [0.25, 0.3) is 5.91 Å². The van der Waals surface area contributed by atoms with Crippen LogP contribution in [0.1, 0.15) is 28.9 Å². The van der Waals surface area contributed by atoms with Crippen molar-refractivity contribution in [2.24, 2.45) is 0 Å². The maximum Gasteiger partial charge on any atom is 0.345 e. The summed E-state index contributed by atoms with van der Waals surface area (Å²) in [5.41, 5.74) is 1.42. The molecule has 0 radical (unpaired) electrons. The molecule has 152 valence electrons. The number of nitrogens with one attached hydrogen (secondary N) is 1. The molecular formula is C24H21NO5. The van der Waals surface area contributed by atoms with Gasteiger partial charge in [0, 0.05) is 16.8 Å². The van der Waals surface area contributed by atoms with Crippen LogP contribution in [0.25, 0.3) is 0 Å². The van der Waals surface area contributed by atoms with E-state index < -0.39 is 18.0 Å². The van der Waals surface area contributed by atoms with Gasteiger partial charge in [-0.05, 0) is 31.2 Å². The molecule has 6 nitrogen and oxygen atoms in total. The van der Waals surface area contributed by atoms with E-state index in [4.69, 9.17) is 9.47 Å². The fourth-order valence-electron chi connectivity index (χ4n) is 2.75. The molecule has 0 heterocycles. The third kappa shape index (κ3) is 5.78. The van der Waals surface area contributed by atoms with Crippen LogP contribution < -0.4 is 10.1 Å². The molecule has 0 aliphatic rings. The molecule has 0 fully saturated rings. The van der Waals surface area contributed by atoms with Gasteiger partial charge in [-0.2, -0.15) is 0 Å². The average Bonchev–Trinajstić information content (AvgIpc) is 2.77. The number of hydrogen-bond acceptors (Lipinski definition) is 5. The van der Waals surface area contributed by atoms with Crippen LogP contribution >= 0.6 is 0 Å². The van der Waals surface area contributed by atoms with Crippen molar-refractivity contribution < 1.29 is 23.9 Å². The van der Waals surface area contributed by atoms with E-state index in [9.17, 15) is 14.4 Å². The van der Waals surface area contributed by atoms with Gasteiger partial charge in [0.2, 0.25) is 6.10 Å². The maximum atomic E-state index is 12.9. The SMILES string of the molecule is CC(=O)c1cccc(NC(=O)[C@H](OC(=O)COc2ccccc2)c2ccccc2)c1. The van der Waals surface area contributed by atoms with Gasteiger partial charge in [0.05, 0.1) is 0 Å². The van der Waals surface area contributed by atoms with Crippen molar-refractivity contribution in [2.45, 2.75) is 13.0 Å². The number of carbonyl (C=O) groups is 3. The highest BCUT2D eigenvalue weighted by atomic mass is 16.6. The fraction of sp³-hybridized carbons (Fsp3) is 0.125. The second-order valence-electron chi connectivity index (χ2n) is 6.51. The molecule has 0 aliphatic carbocycles. The number of esters is 1. The monoisotopic (exact) mass is 403 g/mol. The van der Waals surface area contributed by atoms with E-state index in [-0.39, 0.29) is 12.4 Å². The number of ether oxygens (including phenoxy) is 2. The Hall–Kier alpha value is -3.93. The topological polar surface area (TPSA) is 81.7 Å². The number of benzene rings is 3. The highest BCUT2D eigenvalue weighted by Crippen LogP contribution is 2.21. The number of anilines is 1. The zero-order valence-corrected chi connectivity index (χ0v) is 16.4. The Balaban J connectivity index is 1.72. The van der Waals surface area contributed by atoms with E-state index in [1.807, 2.05) is 6.07 Å². The zero-order valence-electron chi connectivity index (χ0n) is 16.4. The number of para-hydroxylation sites is 1. The van der Waals surface area contributed by atoms with E-state index in [1.54, 1.807) is 78.9 Å². The number of Topliss-reactive ketones (excluding diaryl/α,β-unsaturated/α-hetero) is 1. The molecule has 3 aromatic rings. The Morgan fingerprint density at radius 3 is 2.20 bits per heavy atom. The number of ketones is 1. The lowest BCUT2D eigenvalue weighted by Crippen LogP contribution is -2.28. The normalized spacial score (nSPS) is 11.2. The van der Waals surface area contributed by atoms with E-state index in [0.717, 1.165) is 0 Å². The van der Waals surface area contributed by atoms with Crippen molar-refractivity contribution in [3.8, 4) is 5.75 Å². The summed E-state index contributed by atoms with van der Waals surface area (Å²) in [6.07, 6.45) is -1.17. The maximum absolute atomic E-state index is 12.9. The first-order valence-electron chi connectivity index (χ1n) is 9.37. The highest BCUT2D eigenvalue weighted by molar-refractivity contribution is 5.99. The van der Waals surface area contributed by atoms with Gasteiger partial charge in [-0.1, -0.05) is 60.7 Å². The lowest BCUT2D eigenvalue weighted by Gasteiger charge is -2.18. The quantitative estimate of drug-likeness (QED) is 0.450. The van der Waals surface area contributed by atoms with E-state index in [1.165, 1.54) is 6.92 Å². The molecule has 0 aromatic heterocycles. The van der Waals surface area contributed by atoms with Crippen molar-refractivity contribution in [3.63, 3.8) is 0 Å². The summed E-state index contributed by atoms with van der Waals surface area (Å²) in [5, 5.41) is 2.71. The molecule has 1 atom stereocenters. The van der Waals surface area contributed by atoms with Crippen LogP contribution in [0.3, 0.4) is 0 Å². The van der Waals surface area contributed by atoms with Crippen molar-refractivity contribution in [1.29, 1.82) is 0 Å². The molecule has 0 aliphatic heterocycles. The summed E-state index contributed by atoms with van der Waals surface area (Å²) in [5.74, 6) is -0.804. The Morgan fingerprint density at radius 1 is 0.867 bits per heavy atom. The van der Waals surface area contributed by atoms with E-state index in [0.29, 0.717) is 22.6 Å². The number of carbonyl (C=O) groups excluding carboxylic acids is 3. The summed E-state index contributed by atoms with van der Waals surface area (Å²) in [6, 6.07) is 24.1. The van der Waals surface area contributed by atoms with Gasteiger partial charge in [-0.15, -0.1) is 0 Å². The molecule has 30 heavy (non-hydrogen) atoms. The first-order chi connectivity index (χ1) is 14.5. The molecule has 6 heteroatoms. The summed E-state index contributed by atoms with van der Waals surface area (Å²) in [7, 11) is 0. The lowest BCUT2D eigenvalue weighted by atomic mass is 10.1. The average molecular weight is 403 g/mol. The number of rotatable bonds is 8. The molecule has 0 spiro atoms. The molecule has 0 unspecified atom stereocenters. The van der Waals surface area contributed by atoms with Gasteiger partial charge < -0.3 is 14.8 Å². The number of hydrogen-bond donors (Lipinski definition) is 1. The van der Waals surface area contributed by atoms with Crippen LogP contribution in [0.4, 0.5) is 5.69 Å². The van der Waals surface area contributed by atoms with Crippen molar-refractivity contribution in [1.82, 2.24) is 0 Å². The standard InChI is InChI=1S/C24H21NO5/c1-17(26)19-11-8-12-20(15-19)25-24(28)23(18-9-4-2-5-10-18)30-22(27)16-29-21-13-6-3-7-14-21/h2-15,23H,16H2,1H3,(H,25,28)/t23-/m1/s1. The predicted octanol–water partition coefficient (Wildman–Crippen LogP) is 4.19. The molecule has 1 amide bonds. The molecule has 3 rings (SSSR count). The molecular weight excluding hydrogens is 382 g/mol. The Labute approximate surface area is 174 Å². The van der Waals surface area contributed by atoms with Gasteiger partial charge in [-0.25, -0.2) is 4.79 Å². The first kappa shape index (κ1) is 20.8. The zero-order chi connectivity index (χ0) is 21.3. The van der Waals surface area contributed by atoms with Crippen LogP contribution in [0, 0.1) is 0 Å². The predicted molar refractivity (Wildman–Crippen MR) is 112 cm³/mol. The summed E-state index contributed by atoms with van der Waals surface area (Å²) >= 11 is 0. The summed E-state index contributed by atoms with van der Waals surface area (Å²) < 4.78 is 10.8. The second-order valence-corrected chi connectivity index (χ2v) is 6.51. The smallest absolute Gasteiger partial charge is 0.345 e. The summed E-state index contributed by atoms with van der Waals surface area (Å²) in [4.78, 5) is 36.8. The molecule has 0 saturated carbocycles. The third-order valence-corrected chi connectivity index (χ3v) is 4.23. The molecule has 0 bridgehead atoms. The Bertz CT molecular complexity index is 1020. The minimum Gasteiger partial charge on any atom is -0.482 e. The van der Waals surface area contributed by atoms with Crippen LogP contribution in [-0.2, 0) is 14.3 Å². The molecule has 3 aromatic carbocycles. The minimum absolute atomic E-state index is 0.116. The van der Waals surface area contributed by atoms with Gasteiger partial charge in [-0.3, -0.25) is 9.59 Å². The van der Waals surface area contributed by atoms with Crippen LogP contribution in [0.15, 0.2) is 84.9 Å². The Kier molecular flexibility index (Phi) is 6.95. The molecule has 1 N–H and O–H groups in total. The minimum atomic E-state index is -1.17. The second kappa shape index (κ2) is 10.0. The van der Waals surface area contributed by atoms with Crippen LogP contribution in [-0.4, -0.2) is 24.3 Å². The number of amides is 1. The van der Waals surface area contributed by atoms with Gasteiger partial charge in [0.15, 0.2) is 12.4 Å². The first-order valence-corrected chi connectivity index (χ1v) is 9.37. The van der Waals surface area contributed by atoms with Crippen molar-refractivity contribution in [3.05, 3.63) is 96.1 Å². The lowest BCUT2D eigenvalue weighted by molar-refractivity contribution is -0.156.